The van der Waals surface area contributed by atoms with Gasteiger partial charge in [-0.3, -0.25) is 14.5 Å². The highest BCUT2D eigenvalue weighted by Gasteiger charge is 2.26. The lowest BCUT2D eigenvalue weighted by atomic mass is 9.94. The number of rotatable bonds is 6. The summed E-state index contributed by atoms with van der Waals surface area (Å²) in [4.78, 5) is 25.5. The summed E-state index contributed by atoms with van der Waals surface area (Å²) in [7, 11) is 1.65. The lowest BCUT2D eigenvalue weighted by molar-refractivity contribution is -0.127. The van der Waals surface area contributed by atoms with Crippen molar-refractivity contribution < 1.29 is 9.59 Å². The van der Waals surface area contributed by atoms with Crippen LogP contribution >= 0.6 is 0 Å². The molecule has 116 valence electrons. The van der Waals surface area contributed by atoms with Crippen LogP contribution in [0.1, 0.15) is 26.7 Å². The standard InChI is InChI=1S/C14H28N4O2/c1-10(2)12(8-15)14(20)17-11-4-6-18(7-5-11)9-13(19)16-3/h10-12H,4-9,15H2,1-3H3,(H,16,19)(H,17,20). The van der Waals surface area contributed by atoms with Crippen LogP contribution < -0.4 is 16.4 Å². The topological polar surface area (TPSA) is 87.5 Å². The summed E-state index contributed by atoms with van der Waals surface area (Å²) < 4.78 is 0. The van der Waals surface area contributed by atoms with Crippen molar-refractivity contribution in [3.05, 3.63) is 0 Å². The summed E-state index contributed by atoms with van der Waals surface area (Å²) in [5.41, 5.74) is 5.66. The number of hydrogen-bond acceptors (Lipinski definition) is 4. The van der Waals surface area contributed by atoms with Gasteiger partial charge in [-0.1, -0.05) is 13.8 Å². The van der Waals surface area contributed by atoms with Gasteiger partial charge in [0.25, 0.3) is 0 Å². The molecule has 1 saturated heterocycles. The van der Waals surface area contributed by atoms with E-state index < -0.39 is 0 Å². The Labute approximate surface area is 121 Å². The average molecular weight is 284 g/mol. The van der Waals surface area contributed by atoms with Crippen LogP contribution in [0.2, 0.25) is 0 Å². The second kappa shape index (κ2) is 8.21. The first kappa shape index (κ1) is 16.9. The molecule has 0 aromatic heterocycles. The third-order valence-electron chi connectivity index (χ3n) is 3.98. The van der Waals surface area contributed by atoms with Gasteiger partial charge in [-0.15, -0.1) is 0 Å². The van der Waals surface area contributed by atoms with Gasteiger partial charge in [-0.25, -0.2) is 0 Å². The van der Waals surface area contributed by atoms with Gasteiger partial charge in [-0.2, -0.15) is 0 Å². The Morgan fingerprint density at radius 1 is 1.30 bits per heavy atom. The van der Waals surface area contributed by atoms with Crippen molar-refractivity contribution >= 4 is 11.8 Å². The van der Waals surface area contributed by atoms with E-state index in [2.05, 4.69) is 15.5 Å². The Morgan fingerprint density at radius 3 is 2.35 bits per heavy atom. The fourth-order valence-corrected chi connectivity index (χ4v) is 2.51. The first-order chi connectivity index (χ1) is 9.47. The number of likely N-dealkylation sites (N-methyl/N-ethyl adjacent to an activating group) is 1. The van der Waals surface area contributed by atoms with E-state index in [1.807, 2.05) is 13.8 Å². The number of nitrogens with one attached hydrogen (secondary N) is 2. The van der Waals surface area contributed by atoms with E-state index in [0.717, 1.165) is 25.9 Å². The van der Waals surface area contributed by atoms with Crippen molar-refractivity contribution in [3.8, 4) is 0 Å². The van der Waals surface area contributed by atoms with Crippen molar-refractivity contribution in [2.75, 3.05) is 33.2 Å². The molecule has 0 aromatic rings. The average Bonchev–Trinajstić information content (AvgIpc) is 2.41. The van der Waals surface area contributed by atoms with E-state index in [9.17, 15) is 9.59 Å². The molecule has 1 rings (SSSR count). The minimum Gasteiger partial charge on any atom is -0.358 e. The largest absolute Gasteiger partial charge is 0.358 e. The molecular weight excluding hydrogens is 256 g/mol. The van der Waals surface area contributed by atoms with Gasteiger partial charge in [0.1, 0.15) is 0 Å². The van der Waals surface area contributed by atoms with Gasteiger partial charge in [0.15, 0.2) is 0 Å². The highest BCUT2D eigenvalue weighted by atomic mass is 16.2. The van der Waals surface area contributed by atoms with Crippen molar-refractivity contribution in [3.63, 3.8) is 0 Å². The minimum atomic E-state index is -0.112. The van der Waals surface area contributed by atoms with E-state index >= 15 is 0 Å². The highest BCUT2D eigenvalue weighted by Crippen LogP contribution is 2.13. The molecule has 0 saturated carbocycles. The summed E-state index contributed by atoms with van der Waals surface area (Å²) >= 11 is 0. The van der Waals surface area contributed by atoms with Gasteiger partial charge >= 0.3 is 0 Å². The third-order valence-corrected chi connectivity index (χ3v) is 3.98. The molecule has 20 heavy (non-hydrogen) atoms. The molecule has 2 amide bonds. The summed E-state index contributed by atoms with van der Waals surface area (Å²) in [5, 5.41) is 5.72. The maximum Gasteiger partial charge on any atom is 0.233 e. The summed E-state index contributed by atoms with van der Waals surface area (Å²) in [6.45, 7) is 6.54. The van der Waals surface area contributed by atoms with Gasteiger partial charge in [0.2, 0.25) is 11.8 Å². The Kier molecular flexibility index (Phi) is 6.95. The van der Waals surface area contributed by atoms with Crippen molar-refractivity contribution in [2.24, 2.45) is 17.6 Å². The van der Waals surface area contributed by atoms with Gasteiger partial charge in [0, 0.05) is 32.7 Å². The van der Waals surface area contributed by atoms with E-state index in [-0.39, 0.29) is 29.7 Å². The molecule has 1 atom stereocenters. The van der Waals surface area contributed by atoms with Crippen LogP contribution in [0.25, 0.3) is 0 Å². The zero-order chi connectivity index (χ0) is 15.1. The van der Waals surface area contributed by atoms with E-state index in [1.54, 1.807) is 7.05 Å². The number of piperidine rings is 1. The SMILES string of the molecule is CNC(=O)CN1CCC(NC(=O)C(CN)C(C)C)CC1. The van der Waals surface area contributed by atoms with Crippen LogP contribution in [0.5, 0.6) is 0 Å². The summed E-state index contributed by atoms with van der Waals surface area (Å²) in [6.07, 6.45) is 1.77. The molecule has 1 aliphatic rings. The van der Waals surface area contributed by atoms with Gasteiger partial charge in [0.05, 0.1) is 12.5 Å². The Balaban J connectivity index is 2.35. The van der Waals surface area contributed by atoms with E-state index in [1.165, 1.54) is 0 Å². The molecule has 0 aromatic carbocycles. The zero-order valence-electron chi connectivity index (χ0n) is 12.8. The van der Waals surface area contributed by atoms with Crippen LogP contribution in [0.3, 0.4) is 0 Å². The minimum absolute atomic E-state index is 0.0375. The molecule has 1 fully saturated rings. The van der Waals surface area contributed by atoms with Crippen LogP contribution in [0.15, 0.2) is 0 Å². The van der Waals surface area contributed by atoms with Crippen molar-refractivity contribution in [1.82, 2.24) is 15.5 Å². The zero-order valence-corrected chi connectivity index (χ0v) is 12.8. The summed E-state index contributed by atoms with van der Waals surface area (Å²) in [5.74, 6) is 0.245. The molecule has 1 heterocycles. The molecule has 0 spiro atoms. The van der Waals surface area contributed by atoms with Crippen LogP contribution in [-0.4, -0.2) is 56.0 Å². The lowest BCUT2D eigenvalue weighted by Crippen LogP contribution is -2.49. The van der Waals surface area contributed by atoms with Crippen LogP contribution in [-0.2, 0) is 9.59 Å². The normalized spacial score (nSPS) is 18.9. The smallest absolute Gasteiger partial charge is 0.233 e. The quantitative estimate of drug-likeness (QED) is 0.616. The Bertz CT molecular complexity index is 325. The third kappa shape index (κ3) is 5.09. The number of nitrogens with zero attached hydrogens (tertiary/aromatic N) is 1. The second-order valence-corrected chi connectivity index (χ2v) is 5.82. The summed E-state index contributed by atoms with van der Waals surface area (Å²) in [6, 6.07) is 0.205. The maximum absolute atomic E-state index is 12.1. The first-order valence-corrected chi connectivity index (χ1v) is 7.41. The highest BCUT2D eigenvalue weighted by molar-refractivity contribution is 5.79. The number of nitrogens with two attached hydrogens (primary N) is 1. The molecule has 0 bridgehead atoms. The lowest BCUT2D eigenvalue weighted by Gasteiger charge is -2.32. The Morgan fingerprint density at radius 2 is 1.90 bits per heavy atom. The van der Waals surface area contributed by atoms with E-state index in [4.69, 9.17) is 5.73 Å². The fourth-order valence-electron chi connectivity index (χ4n) is 2.51. The number of carbonyl (C=O) groups is 2. The molecule has 1 aliphatic heterocycles. The molecule has 6 heteroatoms. The molecule has 1 unspecified atom stereocenters. The molecule has 6 nitrogen and oxygen atoms in total. The van der Waals surface area contributed by atoms with Gasteiger partial charge < -0.3 is 16.4 Å². The number of likely N-dealkylation sites (tertiary alicyclic amines) is 1. The maximum atomic E-state index is 12.1. The molecule has 0 aliphatic carbocycles. The van der Waals surface area contributed by atoms with Crippen molar-refractivity contribution in [1.29, 1.82) is 0 Å². The van der Waals surface area contributed by atoms with Crippen molar-refractivity contribution in [2.45, 2.75) is 32.7 Å². The fraction of sp³-hybridized carbons (Fsp3) is 0.857. The molecule has 0 radical (unpaired) electrons. The predicted molar refractivity (Wildman–Crippen MR) is 79.1 cm³/mol. The van der Waals surface area contributed by atoms with Crippen LogP contribution in [0.4, 0.5) is 0 Å². The van der Waals surface area contributed by atoms with Gasteiger partial charge in [-0.05, 0) is 18.8 Å². The first-order valence-electron chi connectivity index (χ1n) is 7.41. The van der Waals surface area contributed by atoms with Crippen LogP contribution in [0, 0.1) is 11.8 Å². The van der Waals surface area contributed by atoms with E-state index in [0.29, 0.717) is 13.1 Å². The number of hydrogen-bond donors (Lipinski definition) is 3. The number of carbonyl (C=O) groups excluding carboxylic acids is 2. The molecular formula is C14H28N4O2. The molecule has 4 N–H and O–H groups in total. The second-order valence-electron chi connectivity index (χ2n) is 5.82. The number of amides is 2. The monoisotopic (exact) mass is 284 g/mol. The Hall–Kier alpha value is -1.14. The predicted octanol–water partition coefficient (Wildman–Crippen LogP) is -0.456.